The van der Waals surface area contributed by atoms with E-state index in [2.05, 4.69) is 18.8 Å². The summed E-state index contributed by atoms with van der Waals surface area (Å²) in [5, 5.41) is 0. The second kappa shape index (κ2) is 4.45. The lowest BCUT2D eigenvalue weighted by molar-refractivity contribution is 0.353. The van der Waals surface area contributed by atoms with Crippen LogP contribution in [0.5, 0.6) is 5.75 Å². The van der Waals surface area contributed by atoms with E-state index in [0.717, 1.165) is 30.2 Å². The molecule has 0 atom stereocenters. The van der Waals surface area contributed by atoms with E-state index in [9.17, 15) is 0 Å². The Bertz CT molecular complexity index is 332. The first-order valence-corrected chi connectivity index (χ1v) is 5.29. The highest BCUT2D eigenvalue weighted by Gasteiger charge is 2.18. The van der Waals surface area contributed by atoms with Crippen molar-refractivity contribution in [1.82, 2.24) is 4.98 Å². The highest BCUT2D eigenvalue weighted by molar-refractivity contribution is 5.46. The maximum absolute atomic E-state index is 5.50. The predicted molar refractivity (Wildman–Crippen MR) is 59.0 cm³/mol. The van der Waals surface area contributed by atoms with E-state index in [1.165, 1.54) is 11.1 Å². The fraction of sp³-hybridized carbons (Fsp3) is 0.583. The second-order valence-electron chi connectivity index (χ2n) is 3.31. The van der Waals surface area contributed by atoms with E-state index in [1.807, 2.05) is 20.8 Å². The number of nitrogens with zero attached hydrogens (tertiary/aromatic N) is 1. The van der Waals surface area contributed by atoms with Gasteiger partial charge in [0.1, 0.15) is 5.75 Å². The first kappa shape index (κ1) is 11.0. The summed E-state index contributed by atoms with van der Waals surface area (Å²) in [5.74, 6) is 1.03. The zero-order valence-corrected chi connectivity index (χ0v) is 9.77. The van der Waals surface area contributed by atoms with Crippen LogP contribution in [0.3, 0.4) is 0 Å². The molecule has 1 aromatic rings. The molecule has 0 aliphatic carbocycles. The molecule has 0 bridgehead atoms. The summed E-state index contributed by atoms with van der Waals surface area (Å²) in [4.78, 5) is 4.42. The van der Waals surface area contributed by atoms with Crippen LogP contribution in [-0.4, -0.2) is 11.6 Å². The van der Waals surface area contributed by atoms with Crippen molar-refractivity contribution >= 4 is 0 Å². The maximum atomic E-state index is 5.50. The molecule has 0 saturated carbocycles. The predicted octanol–water partition coefficient (Wildman–Crippen LogP) is 2.97. The first-order valence-electron chi connectivity index (χ1n) is 5.29. The van der Waals surface area contributed by atoms with Crippen molar-refractivity contribution in [3.05, 3.63) is 22.5 Å². The van der Waals surface area contributed by atoms with Gasteiger partial charge in [0, 0.05) is 17.7 Å². The molecular weight excluding hydrogens is 174 g/mol. The molecule has 78 valence electrons. The van der Waals surface area contributed by atoms with Gasteiger partial charge in [0.15, 0.2) is 0 Å². The van der Waals surface area contributed by atoms with Gasteiger partial charge >= 0.3 is 0 Å². The van der Waals surface area contributed by atoms with Crippen LogP contribution in [0, 0.1) is 20.8 Å². The van der Waals surface area contributed by atoms with Crippen LogP contribution in [0.15, 0.2) is 0 Å². The zero-order valence-electron chi connectivity index (χ0n) is 9.77. The molecule has 0 amide bonds. The average molecular weight is 193 g/mol. The van der Waals surface area contributed by atoms with Gasteiger partial charge < -0.3 is 4.74 Å². The average Bonchev–Trinajstić information content (AvgIpc) is 2.67. The molecule has 0 N–H and O–H groups in total. The van der Waals surface area contributed by atoms with Crippen molar-refractivity contribution < 1.29 is 4.74 Å². The fourth-order valence-electron chi connectivity index (χ4n) is 1.74. The molecular formula is C12H19NO. The van der Waals surface area contributed by atoms with Crippen molar-refractivity contribution in [2.45, 2.75) is 41.0 Å². The normalized spacial score (nSPS) is 12.6. The molecule has 14 heavy (non-hydrogen) atoms. The molecule has 0 fully saturated rings. The molecule has 0 unspecified atom stereocenters. The van der Waals surface area contributed by atoms with E-state index in [-0.39, 0.29) is 0 Å². The molecule has 2 heterocycles. The Kier molecular flexibility index (Phi) is 3.50. The quantitative estimate of drug-likeness (QED) is 0.632. The standard InChI is InChI=1S/C10H13NO.C2H6/c1-6-7(2)11-8(3)10-9(6)4-5-12-10;1-2/h4-5H2,1-3H3;1-2H3. The summed E-state index contributed by atoms with van der Waals surface area (Å²) in [7, 11) is 0. The Morgan fingerprint density at radius 3 is 2.36 bits per heavy atom. The number of aryl methyl sites for hydroxylation is 2. The van der Waals surface area contributed by atoms with Crippen LogP contribution in [0.1, 0.15) is 36.4 Å². The minimum atomic E-state index is 0.822. The molecule has 0 aromatic carbocycles. The van der Waals surface area contributed by atoms with Crippen LogP contribution < -0.4 is 4.74 Å². The van der Waals surface area contributed by atoms with Gasteiger partial charge in [-0.25, -0.2) is 0 Å². The van der Waals surface area contributed by atoms with Crippen molar-refractivity contribution in [3.63, 3.8) is 0 Å². The van der Waals surface area contributed by atoms with Crippen molar-refractivity contribution in [2.75, 3.05) is 6.61 Å². The van der Waals surface area contributed by atoms with E-state index >= 15 is 0 Å². The highest BCUT2D eigenvalue weighted by atomic mass is 16.5. The van der Waals surface area contributed by atoms with Gasteiger partial charge in [-0.1, -0.05) is 13.8 Å². The lowest BCUT2D eigenvalue weighted by Gasteiger charge is -2.07. The molecule has 0 saturated heterocycles. The van der Waals surface area contributed by atoms with Gasteiger partial charge in [0.25, 0.3) is 0 Å². The third-order valence-electron chi connectivity index (χ3n) is 2.53. The Hall–Kier alpha value is -1.05. The number of pyridine rings is 1. The van der Waals surface area contributed by atoms with Gasteiger partial charge in [-0.3, -0.25) is 4.98 Å². The lowest BCUT2D eigenvalue weighted by atomic mass is 10.0. The molecule has 1 aliphatic rings. The number of ether oxygens (including phenoxy) is 1. The van der Waals surface area contributed by atoms with Gasteiger partial charge in [-0.2, -0.15) is 0 Å². The summed E-state index contributed by atoms with van der Waals surface area (Å²) >= 11 is 0. The van der Waals surface area contributed by atoms with Crippen LogP contribution in [-0.2, 0) is 6.42 Å². The Morgan fingerprint density at radius 2 is 1.71 bits per heavy atom. The summed E-state index contributed by atoms with van der Waals surface area (Å²) in [6, 6.07) is 0. The van der Waals surface area contributed by atoms with Crippen molar-refractivity contribution in [2.24, 2.45) is 0 Å². The lowest BCUT2D eigenvalue weighted by Crippen LogP contribution is -1.95. The Labute approximate surface area is 86.3 Å². The van der Waals surface area contributed by atoms with Crippen LogP contribution in [0.4, 0.5) is 0 Å². The first-order chi connectivity index (χ1) is 6.70. The molecule has 1 aromatic heterocycles. The summed E-state index contributed by atoms with van der Waals surface area (Å²) in [6.07, 6.45) is 1.05. The van der Waals surface area contributed by atoms with E-state index in [1.54, 1.807) is 0 Å². The van der Waals surface area contributed by atoms with Crippen molar-refractivity contribution in [1.29, 1.82) is 0 Å². The molecule has 2 heteroatoms. The van der Waals surface area contributed by atoms with Gasteiger partial charge in [0.05, 0.1) is 12.3 Å². The van der Waals surface area contributed by atoms with Crippen LogP contribution in [0.2, 0.25) is 0 Å². The van der Waals surface area contributed by atoms with Crippen LogP contribution in [0.25, 0.3) is 0 Å². The van der Waals surface area contributed by atoms with Gasteiger partial charge in [-0.15, -0.1) is 0 Å². The van der Waals surface area contributed by atoms with Crippen molar-refractivity contribution in [3.8, 4) is 5.75 Å². The minimum absolute atomic E-state index is 0.822. The minimum Gasteiger partial charge on any atom is -0.491 e. The van der Waals surface area contributed by atoms with E-state index < -0.39 is 0 Å². The summed E-state index contributed by atoms with van der Waals surface area (Å²) < 4.78 is 5.50. The number of rotatable bonds is 0. The number of fused-ring (bicyclic) bond motifs is 1. The molecule has 0 spiro atoms. The molecule has 2 nitrogen and oxygen atoms in total. The fourth-order valence-corrected chi connectivity index (χ4v) is 1.74. The highest BCUT2D eigenvalue weighted by Crippen LogP contribution is 2.31. The zero-order chi connectivity index (χ0) is 10.7. The smallest absolute Gasteiger partial charge is 0.144 e. The number of hydrogen-bond acceptors (Lipinski definition) is 2. The number of aromatic nitrogens is 1. The Balaban J connectivity index is 0.000000461. The SMILES string of the molecule is CC.Cc1nc(C)c2c(c1C)CCO2. The largest absolute Gasteiger partial charge is 0.491 e. The maximum Gasteiger partial charge on any atom is 0.144 e. The van der Waals surface area contributed by atoms with Gasteiger partial charge in [-0.05, 0) is 26.3 Å². The van der Waals surface area contributed by atoms with E-state index in [4.69, 9.17) is 4.74 Å². The van der Waals surface area contributed by atoms with Gasteiger partial charge in [0.2, 0.25) is 0 Å². The van der Waals surface area contributed by atoms with E-state index in [0.29, 0.717) is 0 Å². The third-order valence-corrected chi connectivity index (χ3v) is 2.53. The molecule has 0 radical (unpaired) electrons. The number of hydrogen-bond donors (Lipinski definition) is 0. The summed E-state index contributed by atoms with van der Waals surface area (Å²) in [6.45, 7) is 11.0. The molecule has 1 aliphatic heterocycles. The van der Waals surface area contributed by atoms with Crippen LogP contribution >= 0.6 is 0 Å². The molecule has 2 rings (SSSR count). The third kappa shape index (κ3) is 1.74. The summed E-state index contributed by atoms with van der Waals surface area (Å²) in [5.41, 5.74) is 4.83. The monoisotopic (exact) mass is 193 g/mol. The Morgan fingerprint density at radius 1 is 1.07 bits per heavy atom. The topological polar surface area (TPSA) is 22.1 Å². The second-order valence-corrected chi connectivity index (χ2v) is 3.31.